The molecule has 0 amide bonds. The zero-order chi connectivity index (χ0) is 9.12. The van der Waals surface area contributed by atoms with Gasteiger partial charge in [0, 0.05) is 8.07 Å². The molecule has 0 fully saturated rings. The summed E-state index contributed by atoms with van der Waals surface area (Å²) in [4.78, 5) is 0. The third-order valence-electron chi connectivity index (χ3n) is 1.35. The summed E-state index contributed by atoms with van der Waals surface area (Å²) in [6.45, 7) is 14.4. The highest BCUT2D eigenvalue weighted by atomic mass is 28.3. The van der Waals surface area contributed by atoms with Crippen LogP contribution in [0.1, 0.15) is 0 Å². The van der Waals surface area contributed by atoms with Gasteiger partial charge >= 0.3 is 0 Å². The van der Waals surface area contributed by atoms with Gasteiger partial charge in [-0.25, -0.2) is 0 Å². The molecule has 0 aromatic rings. The van der Waals surface area contributed by atoms with Crippen LogP contribution in [0.3, 0.4) is 0 Å². The smallest absolute Gasteiger partial charge is 0.0682 e. The van der Waals surface area contributed by atoms with E-state index in [1.165, 1.54) is 6.04 Å². The number of allylic oxidation sites excluding steroid dienone is 1. The quantitative estimate of drug-likeness (QED) is 0.589. The third kappa shape index (κ3) is 10.2. The van der Waals surface area contributed by atoms with Gasteiger partial charge < -0.3 is 0 Å². The van der Waals surface area contributed by atoms with E-state index in [0.29, 0.717) is 0 Å². The van der Waals surface area contributed by atoms with Crippen LogP contribution < -0.4 is 0 Å². The molecule has 0 heterocycles. The lowest BCUT2D eigenvalue weighted by molar-refractivity contribution is 1.51. The molecule has 11 heavy (non-hydrogen) atoms. The molecule has 0 spiro atoms. The molecule has 0 radical (unpaired) electrons. The minimum atomic E-state index is -0.915. The molecule has 66 valence electrons. The molecule has 0 atom stereocenters. The van der Waals surface area contributed by atoms with E-state index in [1.54, 1.807) is 0 Å². The van der Waals surface area contributed by atoms with E-state index in [9.17, 15) is 0 Å². The largest absolute Gasteiger partial charge is 0.0992 e. The van der Waals surface area contributed by atoms with Crippen LogP contribution in [0.15, 0.2) is 11.8 Å². The fourth-order valence-electron chi connectivity index (χ4n) is 0.766. The molecular formula is C9H22Si2. The minimum absolute atomic E-state index is 0.822. The lowest BCUT2D eigenvalue weighted by atomic mass is 10.8. The summed E-state index contributed by atoms with van der Waals surface area (Å²) in [5.74, 6) is 0. The van der Waals surface area contributed by atoms with Gasteiger partial charge in [0.25, 0.3) is 0 Å². The van der Waals surface area contributed by atoms with Crippen molar-refractivity contribution in [3.63, 3.8) is 0 Å². The molecular weight excluding hydrogens is 164 g/mol. The molecule has 0 saturated carbocycles. The predicted octanol–water partition coefficient (Wildman–Crippen LogP) is 3.76. The van der Waals surface area contributed by atoms with Crippen LogP contribution in [0.5, 0.6) is 0 Å². The van der Waals surface area contributed by atoms with E-state index in [4.69, 9.17) is 0 Å². The fraction of sp³-hybridized carbons (Fsp3) is 0.778. The molecule has 0 nitrogen and oxygen atoms in total. The lowest BCUT2D eigenvalue weighted by Gasteiger charge is -2.14. The van der Waals surface area contributed by atoms with E-state index in [1.807, 2.05) is 0 Å². The second-order valence-corrected chi connectivity index (χ2v) is 16.1. The van der Waals surface area contributed by atoms with E-state index < -0.39 is 16.1 Å². The molecule has 0 N–H and O–H groups in total. The van der Waals surface area contributed by atoms with Crippen molar-refractivity contribution in [2.75, 3.05) is 0 Å². The average Bonchev–Trinajstić information content (AvgIpc) is 1.55. The van der Waals surface area contributed by atoms with Crippen LogP contribution in [0, 0.1) is 0 Å². The highest BCUT2D eigenvalue weighted by molar-refractivity contribution is 6.81. The first kappa shape index (κ1) is 11.2. The topological polar surface area (TPSA) is 0 Å². The normalized spacial score (nSPS) is 14.4. The van der Waals surface area contributed by atoms with Gasteiger partial charge in [0.05, 0.1) is 8.07 Å². The standard InChI is InChI=1S/C9H22Si2/c1-10(2,3)8-7-9-11(4,5)6/h7-8H,9H2,1-6H3/b8-7+. The zero-order valence-electron chi connectivity index (χ0n) is 8.86. The summed E-state index contributed by atoms with van der Waals surface area (Å²) >= 11 is 0. The highest BCUT2D eigenvalue weighted by Crippen LogP contribution is 2.10. The summed E-state index contributed by atoms with van der Waals surface area (Å²) in [5.41, 5.74) is 2.46. The van der Waals surface area contributed by atoms with Crippen LogP contribution in [-0.2, 0) is 0 Å². The summed E-state index contributed by atoms with van der Waals surface area (Å²) < 4.78 is 0. The molecule has 0 rings (SSSR count). The van der Waals surface area contributed by atoms with Gasteiger partial charge in [0.2, 0.25) is 0 Å². The lowest BCUT2D eigenvalue weighted by Crippen LogP contribution is -2.19. The van der Waals surface area contributed by atoms with Crippen molar-refractivity contribution in [1.29, 1.82) is 0 Å². The molecule has 0 aromatic heterocycles. The SMILES string of the molecule is C[Si](C)(C)/C=C/C[Si](C)(C)C. The van der Waals surface area contributed by atoms with E-state index in [-0.39, 0.29) is 0 Å². The Hall–Kier alpha value is 0.174. The maximum Gasteiger partial charge on any atom is 0.0682 e. The maximum absolute atomic E-state index is 2.46. The minimum Gasteiger partial charge on any atom is -0.0992 e. The van der Waals surface area contributed by atoms with Crippen LogP contribution >= 0.6 is 0 Å². The van der Waals surface area contributed by atoms with Gasteiger partial charge in [-0.1, -0.05) is 51.1 Å². The Morgan fingerprint density at radius 2 is 1.36 bits per heavy atom. The van der Waals surface area contributed by atoms with E-state index >= 15 is 0 Å². The van der Waals surface area contributed by atoms with Crippen molar-refractivity contribution >= 4 is 16.1 Å². The van der Waals surface area contributed by atoms with Crippen LogP contribution in [0.4, 0.5) is 0 Å². The van der Waals surface area contributed by atoms with Gasteiger partial charge in [0.1, 0.15) is 0 Å². The molecule has 0 aromatic carbocycles. The van der Waals surface area contributed by atoms with Gasteiger partial charge in [-0.3, -0.25) is 0 Å². The Morgan fingerprint density at radius 3 is 1.64 bits per heavy atom. The molecule has 0 saturated heterocycles. The van der Waals surface area contributed by atoms with Gasteiger partial charge in [-0.05, 0) is 6.04 Å². The van der Waals surface area contributed by atoms with Crippen molar-refractivity contribution in [3.8, 4) is 0 Å². The predicted molar refractivity (Wildman–Crippen MR) is 60.6 cm³/mol. The molecule has 0 aliphatic carbocycles. The summed E-state index contributed by atoms with van der Waals surface area (Å²) in [5, 5.41) is 0. The Bertz CT molecular complexity index is 135. The van der Waals surface area contributed by atoms with Crippen molar-refractivity contribution < 1.29 is 0 Å². The molecule has 0 bridgehead atoms. The Morgan fingerprint density at radius 1 is 0.909 bits per heavy atom. The Labute approximate surface area is 73.7 Å². The van der Waals surface area contributed by atoms with Crippen LogP contribution in [-0.4, -0.2) is 16.1 Å². The van der Waals surface area contributed by atoms with Crippen molar-refractivity contribution in [2.24, 2.45) is 0 Å². The van der Waals surface area contributed by atoms with Gasteiger partial charge in [-0.2, -0.15) is 0 Å². The first-order chi connectivity index (χ1) is 4.71. The van der Waals surface area contributed by atoms with Crippen molar-refractivity contribution in [1.82, 2.24) is 0 Å². The van der Waals surface area contributed by atoms with E-state index in [0.717, 1.165) is 0 Å². The van der Waals surface area contributed by atoms with Gasteiger partial charge in [-0.15, -0.1) is 0 Å². The van der Waals surface area contributed by atoms with E-state index in [2.05, 4.69) is 51.1 Å². The summed E-state index contributed by atoms with van der Waals surface area (Å²) in [6, 6.07) is 1.34. The monoisotopic (exact) mass is 186 g/mol. The maximum atomic E-state index is 2.46. The zero-order valence-corrected chi connectivity index (χ0v) is 10.9. The molecule has 0 aliphatic heterocycles. The number of rotatable bonds is 3. The van der Waals surface area contributed by atoms with Gasteiger partial charge in [0.15, 0.2) is 0 Å². The fourth-order valence-corrected chi connectivity index (χ4v) is 2.65. The second-order valence-electron chi connectivity index (χ2n) is 5.53. The van der Waals surface area contributed by atoms with Crippen LogP contribution in [0.25, 0.3) is 0 Å². The Balaban J connectivity index is 3.80. The summed E-state index contributed by atoms with van der Waals surface area (Å²) in [6.07, 6.45) is 2.42. The van der Waals surface area contributed by atoms with Crippen molar-refractivity contribution in [2.45, 2.75) is 45.3 Å². The summed E-state index contributed by atoms with van der Waals surface area (Å²) in [7, 11) is -1.74. The Kier molecular flexibility index (Phi) is 3.78. The van der Waals surface area contributed by atoms with Crippen LogP contribution in [0.2, 0.25) is 45.3 Å². The molecule has 2 heteroatoms. The van der Waals surface area contributed by atoms with Crippen molar-refractivity contribution in [3.05, 3.63) is 11.8 Å². The highest BCUT2D eigenvalue weighted by Gasteiger charge is 2.11. The molecule has 0 aliphatic rings. The second kappa shape index (κ2) is 3.72. The average molecular weight is 186 g/mol. The first-order valence-electron chi connectivity index (χ1n) is 4.38. The first-order valence-corrected chi connectivity index (χ1v) is 11.7. The number of hydrogen-bond donors (Lipinski definition) is 0. The number of hydrogen-bond acceptors (Lipinski definition) is 0. The third-order valence-corrected chi connectivity index (χ3v) is 4.04. The molecule has 0 unspecified atom stereocenters.